The molecule has 0 aromatic heterocycles. The van der Waals surface area contributed by atoms with Crippen LogP contribution in [0.3, 0.4) is 0 Å². The van der Waals surface area contributed by atoms with Crippen molar-refractivity contribution in [3.05, 3.63) is 12.2 Å². The first-order valence-electron chi connectivity index (χ1n) is 3.01. The fourth-order valence-corrected chi connectivity index (χ4v) is 0.350. The molecule has 0 unspecified atom stereocenters. The first kappa shape index (κ1) is 9.17. The number of carbonyl (C=O) groups is 1. The van der Waals surface area contributed by atoms with Gasteiger partial charge in [-0.2, -0.15) is 0 Å². The highest BCUT2D eigenvalue weighted by Crippen LogP contribution is 2.14. The Morgan fingerprint density at radius 1 is 1.60 bits per heavy atom. The van der Waals surface area contributed by atoms with Crippen LogP contribution in [0.2, 0.25) is 0 Å². The minimum Gasteiger partial charge on any atom is -0.478 e. The average molecular weight is 144 g/mol. The van der Waals surface area contributed by atoms with Crippen molar-refractivity contribution in [2.24, 2.45) is 5.41 Å². The molecule has 0 heterocycles. The largest absolute Gasteiger partial charge is 0.478 e. The highest BCUT2D eigenvalue weighted by Gasteiger charge is 2.11. The van der Waals surface area contributed by atoms with Gasteiger partial charge in [-0.15, -0.1) is 0 Å². The normalized spacial score (nSPS) is 12.3. The Bertz CT molecular complexity index is 147. The lowest BCUT2D eigenvalue weighted by molar-refractivity contribution is -0.131. The molecule has 0 radical (unpaired) electrons. The van der Waals surface area contributed by atoms with Gasteiger partial charge in [0.15, 0.2) is 0 Å². The summed E-state index contributed by atoms with van der Waals surface area (Å²) < 4.78 is 0. The van der Waals surface area contributed by atoms with Gasteiger partial charge in [-0.1, -0.05) is 19.9 Å². The molecule has 0 aromatic carbocycles. The number of aliphatic hydroxyl groups is 1. The van der Waals surface area contributed by atoms with Crippen LogP contribution in [0, 0.1) is 5.41 Å². The zero-order valence-corrected chi connectivity index (χ0v) is 6.16. The van der Waals surface area contributed by atoms with Crippen LogP contribution in [-0.2, 0) is 4.79 Å². The average Bonchev–Trinajstić information content (AvgIpc) is 1.85. The summed E-state index contributed by atoms with van der Waals surface area (Å²) in [5.41, 5.74) is -0.432. The van der Waals surface area contributed by atoms with Crippen molar-refractivity contribution in [3.8, 4) is 0 Å². The Morgan fingerprint density at radius 2 is 2.10 bits per heavy atom. The van der Waals surface area contributed by atoms with Gasteiger partial charge in [0.25, 0.3) is 0 Å². The number of rotatable bonds is 3. The van der Waals surface area contributed by atoms with Crippen molar-refractivity contribution < 1.29 is 15.0 Å². The third-order valence-corrected chi connectivity index (χ3v) is 1.08. The molecule has 10 heavy (non-hydrogen) atoms. The molecule has 0 spiro atoms. The quantitative estimate of drug-likeness (QED) is 0.571. The molecule has 3 nitrogen and oxygen atoms in total. The molecule has 0 saturated carbocycles. The van der Waals surface area contributed by atoms with Crippen LogP contribution in [0.5, 0.6) is 0 Å². The summed E-state index contributed by atoms with van der Waals surface area (Å²) in [6, 6.07) is 0. The van der Waals surface area contributed by atoms with E-state index < -0.39 is 11.4 Å². The SMILES string of the molecule is CC(C)(/C=C/C(=O)O)CO. The number of carboxylic acid groups (broad SMARTS) is 1. The molecule has 58 valence electrons. The number of carboxylic acids is 1. The molecule has 0 amide bonds. The van der Waals surface area contributed by atoms with Crippen molar-refractivity contribution >= 4 is 5.97 Å². The van der Waals surface area contributed by atoms with Gasteiger partial charge in [-0.3, -0.25) is 0 Å². The van der Waals surface area contributed by atoms with E-state index in [0.29, 0.717) is 0 Å². The van der Waals surface area contributed by atoms with E-state index in [-0.39, 0.29) is 6.61 Å². The van der Waals surface area contributed by atoms with Crippen LogP contribution in [0.1, 0.15) is 13.8 Å². The van der Waals surface area contributed by atoms with E-state index in [1.54, 1.807) is 13.8 Å². The smallest absolute Gasteiger partial charge is 0.327 e. The Hall–Kier alpha value is -0.830. The molecular weight excluding hydrogens is 132 g/mol. The first-order valence-corrected chi connectivity index (χ1v) is 3.01. The summed E-state index contributed by atoms with van der Waals surface area (Å²) in [6.45, 7) is 3.47. The van der Waals surface area contributed by atoms with Crippen LogP contribution >= 0.6 is 0 Å². The Balaban J connectivity index is 3.99. The van der Waals surface area contributed by atoms with Crippen molar-refractivity contribution in [1.29, 1.82) is 0 Å². The highest BCUT2D eigenvalue weighted by molar-refractivity contribution is 5.79. The van der Waals surface area contributed by atoms with Crippen LogP contribution in [0.15, 0.2) is 12.2 Å². The fraction of sp³-hybridized carbons (Fsp3) is 0.571. The Labute approximate surface area is 60.0 Å². The van der Waals surface area contributed by atoms with E-state index in [1.807, 2.05) is 0 Å². The van der Waals surface area contributed by atoms with Crippen molar-refractivity contribution in [1.82, 2.24) is 0 Å². The van der Waals surface area contributed by atoms with E-state index in [9.17, 15) is 4.79 Å². The summed E-state index contributed by atoms with van der Waals surface area (Å²) in [6.07, 6.45) is 2.51. The van der Waals surface area contributed by atoms with Crippen LogP contribution in [-0.4, -0.2) is 22.8 Å². The van der Waals surface area contributed by atoms with Crippen LogP contribution in [0.4, 0.5) is 0 Å². The minimum atomic E-state index is -0.985. The Morgan fingerprint density at radius 3 is 2.40 bits per heavy atom. The molecule has 0 saturated heterocycles. The third-order valence-electron chi connectivity index (χ3n) is 1.08. The fourth-order valence-electron chi connectivity index (χ4n) is 0.350. The van der Waals surface area contributed by atoms with Gasteiger partial charge < -0.3 is 10.2 Å². The molecular formula is C7H12O3. The molecule has 0 aliphatic carbocycles. The number of aliphatic hydroxyl groups excluding tert-OH is 1. The summed E-state index contributed by atoms with van der Waals surface area (Å²) in [5.74, 6) is -0.985. The number of hydrogen-bond donors (Lipinski definition) is 2. The number of aliphatic carboxylic acids is 1. The highest BCUT2D eigenvalue weighted by atomic mass is 16.4. The number of hydrogen-bond acceptors (Lipinski definition) is 2. The molecule has 0 fully saturated rings. The summed E-state index contributed by atoms with van der Waals surface area (Å²) in [7, 11) is 0. The first-order chi connectivity index (χ1) is 4.48. The molecule has 0 aliphatic heterocycles. The van der Waals surface area contributed by atoms with E-state index in [1.165, 1.54) is 6.08 Å². The van der Waals surface area contributed by atoms with E-state index in [2.05, 4.69) is 0 Å². The lowest BCUT2D eigenvalue weighted by atomic mass is 9.94. The monoisotopic (exact) mass is 144 g/mol. The topological polar surface area (TPSA) is 57.5 Å². The lowest BCUT2D eigenvalue weighted by Gasteiger charge is -2.14. The van der Waals surface area contributed by atoms with Crippen LogP contribution in [0.25, 0.3) is 0 Å². The maximum Gasteiger partial charge on any atom is 0.327 e. The van der Waals surface area contributed by atoms with E-state index >= 15 is 0 Å². The van der Waals surface area contributed by atoms with Crippen molar-refractivity contribution in [3.63, 3.8) is 0 Å². The minimum absolute atomic E-state index is 0.0449. The molecule has 0 aromatic rings. The summed E-state index contributed by atoms with van der Waals surface area (Å²) in [4.78, 5) is 9.99. The lowest BCUT2D eigenvalue weighted by Crippen LogP contribution is -2.13. The standard InChI is InChI=1S/C7H12O3/c1-7(2,5-8)4-3-6(9)10/h3-4,8H,5H2,1-2H3,(H,9,10)/b4-3+. The molecule has 0 bridgehead atoms. The molecule has 2 N–H and O–H groups in total. The maximum atomic E-state index is 9.99. The van der Waals surface area contributed by atoms with Crippen molar-refractivity contribution in [2.75, 3.05) is 6.61 Å². The van der Waals surface area contributed by atoms with Gasteiger partial charge in [-0.05, 0) is 0 Å². The predicted molar refractivity (Wildman–Crippen MR) is 37.6 cm³/mol. The second kappa shape index (κ2) is 3.37. The molecule has 0 aliphatic rings. The molecule has 0 atom stereocenters. The second-order valence-electron chi connectivity index (χ2n) is 2.82. The van der Waals surface area contributed by atoms with Gasteiger partial charge >= 0.3 is 5.97 Å². The maximum absolute atomic E-state index is 9.99. The summed E-state index contributed by atoms with van der Waals surface area (Å²) >= 11 is 0. The van der Waals surface area contributed by atoms with Gasteiger partial charge in [0.2, 0.25) is 0 Å². The van der Waals surface area contributed by atoms with Gasteiger partial charge in [0, 0.05) is 11.5 Å². The zero-order chi connectivity index (χ0) is 8.20. The van der Waals surface area contributed by atoms with Gasteiger partial charge in [0.05, 0.1) is 6.61 Å². The molecule has 3 heteroatoms. The zero-order valence-electron chi connectivity index (χ0n) is 6.16. The van der Waals surface area contributed by atoms with E-state index in [0.717, 1.165) is 6.08 Å². The second-order valence-corrected chi connectivity index (χ2v) is 2.82. The Kier molecular flexibility index (Phi) is 3.09. The predicted octanol–water partition coefficient (Wildman–Crippen LogP) is 0.646. The van der Waals surface area contributed by atoms with Gasteiger partial charge in [0.1, 0.15) is 0 Å². The van der Waals surface area contributed by atoms with Crippen LogP contribution < -0.4 is 0 Å². The van der Waals surface area contributed by atoms with E-state index in [4.69, 9.17) is 10.2 Å². The van der Waals surface area contributed by atoms with Crippen molar-refractivity contribution in [2.45, 2.75) is 13.8 Å². The molecule has 0 rings (SSSR count). The third kappa shape index (κ3) is 4.09. The summed E-state index contributed by atoms with van der Waals surface area (Å²) in [5, 5.41) is 16.9. The van der Waals surface area contributed by atoms with Gasteiger partial charge in [-0.25, -0.2) is 4.79 Å².